The molecule has 20 heavy (non-hydrogen) atoms. The molecule has 0 aliphatic heterocycles. The van der Waals surface area contributed by atoms with Crippen LogP contribution >= 0.6 is 27.5 Å². The molecule has 0 radical (unpaired) electrons. The van der Waals surface area contributed by atoms with Crippen LogP contribution in [-0.2, 0) is 12.7 Å². The highest BCUT2D eigenvalue weighted by Crippen LogP contribution is 2.32. The van der Waals surface area contributed by atoms with Crippen LogP contribution in [0.2, 0.25) is 5.15 Å². The summed E-state index contributed by atoms with van der Waals surface area (Å²) in [4.78, 5) is 3.83. The SMILES string of the molecule is FC(F)(F)c1cc(Cl)nc(NCc2ccc(Br)cc2)c1. The van der Waals surface area contributed by atoms with Crippen LogP contribution < -0.4 is 5.32 Å². The zero-order valence-electron chi connectivity index (χ0n) is 10.0. The number of aromatic nitrogens is 1. The monoisotopic (exact) mass is 364 g/mol. The van der Waals surface area contributed by atoms with Gasteiger partial charge in [0.25, 0.3) is 0 Å². The van der Waals surface area contributed by atoms with Crippen LogP contribution in [0.1, 0.15) is 11.1 Å². The molecular formula is C13H9BrClF3N2. The van der Waals surface area contributed by atoms with Gasteiger partial charge >= 0.3 is 6.18 Å². The van der Waals surface area contributed by atoms with Crippen LogP contribution in [0.4, 0.5) is 19.0 Å². The Morgan fingerprint density at radius 1 is 1.15 bits per heavy atom. The Labute approximate surface area is 127 Å². The number of benzene rings is 1. The van der Waals surface area contributed by atoms with Gasteiger partial charge in [-0.1, -0.05) is 39.7 Å². The number of hydrogen-bond acceptors (Lipinski definition) is 2. The predicted octanol–water partition coefficient (Wildman–Crippen LogP) is 5.13. The molecule has 0 fully saturated rings. The van der Waals surface area contributed by atoms with Crippen LogP contribution in [0.3, 0.4) is 0 Å². The van der Waals surface area contributed by atoms with E-state index in [0.717, 1.165) is 22.2 Å². The molecule has 0 aliphatic rings. The second kappa shape index (κ2) is 6.01. The molecule has 0 unspecified atom stereocenters. The predicted molar refractivity (Wildman–Crippen MR) is 75.7 cm³/mol. The Bertz CT molecular complexity index is 600. The van der Waals surface area contributed by atoms with Crippen LogP contribution in [0.25, 0.3) is 0 Å². The highest BCUT2D eigenvalue weighted by atomic mass is 79.9. The second-order valence-corrected chi connectivity index (χ2v) is 5.34. The van der Waals surface area contributed by atoms with Gasteiger partial charge in [-0.05, 0) is 29.8 Å². The Morgan fingerprint density at radius 3 is 2.40 bits per heavy atom. The average molecular weight is 366 g/mol. The van der Waals surface area contributed by atoms with E-state index in [1.807, 2.05) is 24.3 Å². The van der Waals surface area contributed by atoms with Gasteiger partial charge in [0.15, 0.2) is 0 Å². The van der Waals surface area contributed by atoms with Crippen molar-refractivity contribution >= 4 is 33.3 Å². The summed E-state index contributed by atoms with van der Waals surface area (Å²) in [6, 6.07) is 9.14. The summed E-state index contributed by atoms with van der Waals surface area (Å²) in [5.41, 5.74) is 0.0966. The molecule has 106 valence electrons. The third-order valence-electron chi connectivity index (χ3n) is 2.51. The molecule has 0 aliphatic carbocycles. The number of pyridine rings is 1. The molecule has 1 aromatic carbocycles. The first kappa shape index (κ1) is 15.1. The fourth-order valence-corrected chi connectivity index (χ4v) is 2.02. The Morgan fingerprint density at radius 2 is 1.80 bits per heavy atom. The molecular weight excluding hydrogens is 357 g/mol. The first-order valence-electron chi connectivity index (χ1n) is 5.58. The molecule has 1 heterocycles. The first-order chi connectivity index (χ1) is 9.34. The third kappa shape index (κ3) is 4.11. The van der Waals surface area contributed by atoms with E-state index in [1.165, 1.54) is 0 Å². The quantitative estimate of drug-likeness (QED) is 0.763. The van der Waals surface area contributed by atoms with Crippen molar-refractivity contribution in [3.8, 4) is 0 Å². The van der Waals surface area contributed by atoms with Gasteiger partial charge < -0.3 is 5.32 Å². The lowest BCUT2D eigenvalue weighted by Crippen LogP contribution is -2.08. The Hall–Kier alpha value is -1.27. The molecule has 2 aromatic rings. The van der Waals surface area contributed by atoms with Crippen LogP contribution in [0.15, 0.2) is 40.9 Å². The van der Waals surface area contributed by atoms with E-state index in [1.54, 1.807) is 0 Å². The molecule has 2 rings (SSSR count). The van der Waals surface area contributed by atoms with Crippen molar-refractivity contribution in [3.05, 3.63) is 57.2 Å². The lowest BCUT2D eigenvalue weighted by molar-refractivity contribution is -0.137. The number of hydrogen-bond donors (Lipinski definition) is 1. The normalized spacial score (nSPS) is 11.4. The van der Waals surface area contributed by atoms with Gasteiger partial charge in [-0.15, -0.1) is 0 Å². The maximum atomic E-state index is 12.6. The van der Waals surface area contributed by atoms with Crippen molar-refractivity contribution in [2.24, 2.45) is 0 Å². The number of alkyl halides is 3. The van der Waals surface area contributed by atoms with Gasteiger partial charge in [-0.2, -0.15) is 13.2 Å². The van der Waals surface area contributed by atoms with Gasteiger partial charge in [0.05, 0.1) is 5.56 Å². The highest BCUT2D eigenvalue weighted by Gasteiger charge is 2.31. The molecule has 1 N–H and O–H groups in total. The summed E-state index contributed by atoms with van der Waals surface area (Å²) in [7, 11) is 0. The van der Waals surface area contributed by atoms with E-state index < -0.39 is 11.7 Å². The lowest BCUT2D eigenvalue weighted by atomic mass is 10.2. The van der Waals surface area contributed by atoms with E-state index in [9.17, 15) is 13.2 Å². The molecule has 0 amide bonds. The Balaban J connectivity index is 2.13. The summed E-state index contributed by atoms with van der Waals surface area (Å²) in [5, 5.41) is 2.63. The van der Waals surface area contributed by atoms with Gasteiger partial charge in [0, 0.05) is 11.0 Å². The topological polar surface area (TPSA) is 24.9 Å². The number of halogens is 5. The van der Waals surface area contributed by atoms with Crippen molar-refractivity contribution < 1.29 is 13.2 Å². The van der Waals surface area contributed by atoms with Crippen molar-refractivity contribution in [1.82, 2.24) is 4.98 Å². The largest absolute Gasteiger partial charge is 0.416 e. The highest BCUT2D eigenvalue weighted by molar-refractivity contribution is 9.10. The fraction of sp³-hybridized carbons (Fsp3) is 0.154. The van der Waals surface area contributed by atoms with Crippen molar-refractivity contribution in [2.75, 3.05) is 5.32 Å². The number of rotatable bonds is 3. The van der Waals surface area contributed by atoms with E-state index in [-0.39, 0.29) is 11.0 Å². The zero-order chi connectivity index (χ0) is 14.8. The minimum atomic E-state index is -4.44. The number of anilines is 1. The van der Waals surface area contributed by atoms with Crippen molar-refractivity contribution in [3.63, 3.8) is 0 Å². The Kier molecular flexibility index (Phi) is 4.55. The number of nitrogens with zero attached hydrogens (tertiary/aromatic N) is 1. The summed E-state index contributed by atoms with van der Waals surface area (Å²) >= 11 is 8.91. The zero-order valence-corrected chi connectivity index (χ0v) is 12.4. The summed E-state index contributed by atoms with van der Waals surface area (Å²) in [6.07, 6.45) is -4.44. The molecule has 0 spiro atoms. The van der Waals surface area contributed by atoms with Crippen molar-refractivity contribution in [2.45, 2.75) is 12.7 Å². The molecule has 1 aromatic heterocycles. The maximum absolute atomic E-state index is 12.6. The molecule has 0 saturated carbocycles. The van der Waals surface area contributed by atoms with Gasteiger partial charge in [0.1, 0.15) is 11.0 Å². The second-order valence-electron chi connectivity index (χ2n) is 4.04. The summed E-state index contributed by atoms with van der Waals surface area (Å²) in [5.74, 6) is 0.0905. The van der Waals surface area contributed by atoms with E-state index >= 15 is 0 Å². The third-order valence-corrected chi connectivity index (χ3v) is 3.23. The molecule has 7 heteroatoms. The van der Waals surface area contributed by atoms with E-state index in [0.29, 0.717) is 6.54 Å². The molecule has 0 bridgehead atoms. The van der Waals surface area contributed by atoms with E-state index in [4.69, 9.17) is 11.6 Å². The minimum absolute atomic E-state index is 0.0905. The molecule has 2 nitrogen and oxygen atoms in total. The smallest absolute Gasteiger partial charge is 0.366 e. The van der Waals surface area contributed by atoms with Gasteiger partial charge in [0.2, 0.25) is 0 Å². The molecule has 0 saturated heterocycles. The number of nitrogens with one attached hydrogen (secondary N) is 1. The minimum Gasteiger partial charge on any atom is -0.366 e. The summed E-state index contributed by atoms with van der Waals surface area (Å²) in [6.45, 7) is 0.359. The summed E-state index contributed by atoms with van der Waals surface area (Å²) < 4.78 is 38.8. The van der Waals surface area contributed by atoms with Crippen LogP contribution in [-0.4, -0.2) is 4.98 Å². The van der Waals surface area contributed by atoms with E-state index in [2.05, 4.69) is 26.2 Å². The first-order valence-corrected chi connectivity index (χ1v) is 6.75. The van der Waals surface area contributed by atoms with Gasteiger partial charge in [-0.3, -0.25) is 0 Å². The van der Waals surface area contributed by atoms with Crippen LogP contribution in [0, 0.1) is 0 Å². The van der Waals surface area contributed by atoms with Gasteiger partial charge in [-0.25, -0.2) is 4.98 Å². The average Bonchev–Trinajstić information content (AvgIpc) is 2.36. The van der Waals surface area contributed by atoms with Crippen LogP contribution in [0.5, 0.6) is 0 Å². The molecule has 0 atom stereocenters. The lowest BCUT2D eigenvalue weighted by Gasteiger charge is -2.11. The standard InChI is InChI=1S/C13H9BrClF3N2/c14-10-3-1-8(2-4-10)7-19-12-6-9(13(16,17)18)5-11(15)20-12/h1-6H,7H2,(H,19,20). The maximum Gasteiger partial charge on any atom is 0.416 e. The fourth-order valence-electron chi connectivity index (χ4n) is 1.55. The van der Waals surface area contributed by atoms with Crippen molar-refractivity contribution in [1.29, 1.82) is 0 Å².